The zero-order chi connectivity index (χ0) is 13.9. The van der Waals surface area contributed by atoms with Crippen molar-refractivity contribution >= 4 is 41.9 Å². The van der Waals surface area contributed by atoms with Crippen molar-refractivity contribution in [2.75, 3.05) is 0 Å². The minimum absolute atomic E-state index is 0.101. The topological polar surface area (TPSA) is 70.0 Å². The Bertz CT molecular complexity index is 579. The summed E-state index contributed by atoms with van der Waals surface area (Å²) in [6.45, 7) is 3.57. The number of nitrogens with zero attached hydrogens (tertiary/aromatic N) is 1. The molecule has 0 saturated carbocycles. The fraction of sp³-hybridized carbons (Fsp3) is 0.364. The smallest absolute Gasteiger partial charge is 0.207 e. The highest BCUT2D eigenvalue weighted by Crippen LogP contribution is 2.26. The Hall–Kier alpha value is -0.420. The molecule has 4 nitrogen and oxygen atoms in total. The van der Waals surface area contributed by atoms with Crippen molar-refractivity contribution in [3.8, 4) is 6.07 Å². The third kappa shape index (κ3) is 3.79. The van der Waals surface area contributed by atoms with Gasteiger partial charge in [-0.05, 0) is 40.0 Å². The molecular weight excluding hydrogens is 384 g/mol. The van der Waals surface area contributed by atoms with Crippen LogP contribution in [-0.4, -0.2) is 14.5 Å². The van der Waals surface area contributed by atoms with E-state index >= 15 is 0 Å². The molecule has 1 atom stereocenters. The molecule has 0 bridgehead atoms. The van der Waals surface area contributed by atoms with Crippen molar-refractivity contribution < 1.29 is 8.42 Å². The Balaban J connectivity index is 3.15. The molecule has 0 aromatic heterocycles. The Morgan fingerprint density at radius 3 is 2.44 bits per heavy atom. The molecule has 98 valence electrons. The summed E-state index contributed by atoms with van der Waals surface area (Å²) in [5, 5.41) is 8.93. The maximum Gasteiger partial charge on any atom is 0.242 e. The lowest BCUT2D eigenvalue weighted by atomic mass is 10.1. The first-order valence-electron chi connectivity index (χ1n) is 5.15. The number of halogens is 2. The number of nitriles is 1. The van der Waals surface area contributed by atoms with E-state index in [9.17, 15) is 8.42 Å². The molecule has 0 aliphatic carbocycles. The van der Waals surface area contributed by atoms with Crippen LogP contribution in [0.2, 0.25) is 0 Å². The quantitative estimate of drug-likeness (QED) is 0.851. The van der Waals surface area contributed by atoms with Gasteiger partial charge in [-0.25, -0.2) is 8.42 Å². The SMILES string of the molecule is CC(C)C(C#N)NS(=O)(=O)c1cc(Br)ccc1Br. The van der Waals surface area contributed by atoms with Crippen molar-refractivity contribution in [2.24, 2.45) is 5.92 Å². The van der Waals surface area contributed by atoms with Crippen molar-refractivity contribution in [1.82, 2.24) is 4.72 Å². The van der Waals surface area contributed by atoms with Crippen LogP contribution in [0.3, 0.4) is 0 Å². The second kappa shape index (κ2) is 6.15. The summed E-state index contributed by atoms with van der Waals surface area (Å²) in [6.07, 6.45) is 0. The Morgan fingerprint density at radius 2 is 1.94 bits per heavy atom. The highest BCUT2D eigenvalue weighted by Gasteiger charge is 2.24. The summed E-state index contributed by atoms with van der Waals surface area (Å²) in [5.41, 5.74) is 0. The number of benzene rings is 1. The highest BCUT2D eigenvalue weighted by atomic mass is 79.9. The lowest BCUT2D eigenvalue weighted by Gasteiger charge is -2.16. The Labute approximate surface area is 124 Å². The van der Waals surface area contributed by atoms with Crippen LogP contribution in [-0.2, 0) is 10.0 Å². The average Bonchev–Trinajstić information content (AvgIpc) is 2.28. The fourth-order valence-electron chi connectivity index (χ4n) is 1.23. The first kappa shape index (κ1) is 15.6. The number of hydrogen-bond donors (Lipinski definition) is 1. The third-order valence-corrected chi connectivity index (χ3v) is 5.20. The molecule has 0 fully saturated rings. The summed E-state index contributed by atoms with van der Waals surface area (Å²) >= 11 is 6.42. The maximum absolute atomic E-state index is 12.2. The second-order valence-corrected chi connectivity index (χ2v) is 7.50. The van der Waals surface area contributed by atoms with E-state index in [2.05, 4.69) is 36.6 Å². The second-order valence-electron chi connectivity index (χ2n) is 4.05. The van der Waals surface area contributed by atoms with Gasteiger partial charge in [0, 0.05) is 8.95 Å². The summed E-state index contributed by atoms with van der Waals surface area (Å²) in [4.78, 5) is 0.109. The molecule has 1 rings (SSSR count). The van der Waals surface area contributed by atoms with Crippen molar-refractivity contribution in [3.05, 3.63) is 27.1 Å². The van der Waals surface area contributed by atoms with Crippen LogP contribution in [0.15, 0.2) is 32.0 Å². The van der Waals surface area contributed by atoms with E-state index in [1.807, 2.05) is 6.07 Å². The molecule has 1 aromatic carbocycles. The zero-order valence-electron chi connectivity index (χ0n) is 9.81. The molecule has 0 aliphatic rings. The summed E-state index contributed by atoms with van der Waals surface area (Å²) in [5.74, 6) is -0.101. The van der Waals surface area contributed by atoms with Gasteiger partial charge >= 0.3 is 0 Å². The van der Waals surface area contributed by atoms with Gasteiger partial charge in [-0.2, -0.15) is 9.98 Å². The monoisotopic (exact) mass is 394 g/mol. The van der Waals surface area contributed by atoms with Crippen LogP contribution in [0, 0.1) is 17.2 Å². The molecule has 1 unspecified atom stereocenters. The van der Waals surface area contributed by atoms with Crippen molar-refractivity contribution in [2.45, 2.75) is 24.8 Å². The molecule has 0 amide bonds. The summed E-state index contributed by atoms with van der Waals surface area (Å²) in [7, 11) is -3.72. The van der Waals surface area contributed by atoms with Gasteiger partial charge in [0.05, 0.1) is 11.0 Å². The normalized spacial score (nSPS) is 13.3. The molecule has 0 radical (unpaired) electrons. The molecule has 0 spiro atoms. The van der Waals surface area contributed by atoms with Crippen LogP contribution in [0.1, 0.15) is 13.8 Å². The number of nitrogens with one attached hydrogen (secondary N) is 1. The standard InChI is InChI=1S/C11H12Br2N2O2S/c1-7(2)10(6-14)15-18(16,17)11-5-8(12)3-4-9(11)13/h3-5,7,10,15H,1-2H3. The van der Waals surface area contributed by atoms with Gasteiger partial charge in [0.1, 0.15) is 6.04 Å². The molecule has 7 heteroatoms. The minimum Gasteiger partial charge on any atom is -0.207 e. The van der Waals surface area contributed by atoms with Gasteiger partial charge in [0.2, 0.25) is 10.0 Å². The van der Waals surface area contributed by atoms with Crippen LogP contribution in [0.25, 0.3) is 0 Å². The van der Waals surface area contributed by atoms with Gasteiger partial charge in [0.25, 0.3) is 0 Å². The maximum atomic E-state index is 12.2. The van der Waals surface area contributed by atoms with E-state index in [-0.39, 0.29) is 10.8 Å². The fourth-order valence-corrected chi connectivity index (χ4v) is 4.02. The van der Waals surface area contributed by atoms with Crippen LogP contribution >= 0.6 is 31.9 Å². The van der Waals surface area contributed by atoms with E-state index in [0.29, 0.717) is 8.95 Å². The molecular formula is C11H12Br2N2O2S. The molecule has 0 saturated heterocycles. The average molecular weight is 396 g/mol. The van der Waals surface area contributed by atoms with Gasteiger partial charge in [-0.1, -0.05) is 29.8 Å². The van der Waals surface area contributed by atoms with E-state index in [1.165, 1.54) is 6.07 Å². The van der Waals surface area contributed by atoms with E-state index in [0.717, 1.165) is 0 Å². The number of sulfonamides is 1. The van der Waals surface area contributed by atoms with Crippen LogP contribution in [0.4, 0.5) is 0 Å². The lowest BCUT2D eigenvalue weighted by Crippen LogP contribution is -2.37. The van der Waals surface area contributed by atoms with Crippen LogP contribution < -0.4 is 4.72 Å². The third-order valence-electron chi connectivity index (χ3n) is 2.27. The largest absolute Gasteiger partial charge is 0.242 e. The molecule has 0 aliphatic heterocycles. The van der Waals surface area contributed by atoms with E-state index in [1.54, 1.807) is 26.0 Å². The van der Waals surface area contributed by atoms with Gasteiger partial charge < -0.3 is 0 Å². The summed E-state index contributed by atoms with van der Waals surface area (Å²) < 4.78 is 27.8. The molecule has 0 heterocycles. The predicted molar refractivity (Wildman–Crippen MR) is 76.4 cm³/mol. The zero-order valence-corrected chi connectivity index (χ0v) is 13.8. The lowest BCUT2D eigenvalue weighted by molar-refractivity contribution is 0.515. The summed E-state index contributed by atoms with van der Waals surface area (Å²) in [6, 6.07) is 6.05. The molecule has 1 N–H and O–H groups in total. The molecule has 18 heavy (non-hydrogen) atoms. The Morgan fingerprint density at radius 1 is 1.33 bits per heavy atom. The Kier molecular flexibility index (Phi) is 5.34. The predicted octanol–water partition coefficient (Wildman–Crippen LogP) is 3.04. The van der Waals surface area contributed by atoms with Crippen molar-refractivity contribution in [3.63, 3.8) is 0 Å². The van der Waals surface area contributed by atoms with Gasteiger partial charge in [0.15, 0.2) is 0 Å². The van der Waals surface area contributed by atoms with Gasteiger partial charge in [-0.3, -0.25) is 0 Å². The van der Waals surface area contributed by atoms with E-state index < -0.39 is 16.1 Å². The van der Waals surface area contributed by atoms with Gasteiger partial charge in [-0.15, -0.1) is 0 Å². The molecule has 1 aromatic rings. The van der Waals surface area contributed by atoms with E-state index in [4.69, 9.17) is 5.26 Å². The van der Waals surface area contributed by atoms with Crippen molar-refractivity contribution in [1.29, 1.82) is 5.26 Å². The number of hydrogen-bond acceptors (Lipinski definition) is 3. The first-order chi connectivity index (χ1) is 8.27. The minimum atomic E-state index is -3.72. The van der Waals surface area contributed by atoms with Crippen LogP contribution in [0.5, 0.6) is 0 Å². The first-order valence-corrected chi connectivity index (χ1v) is 8.22. The number of rotatable bonds is 4. The highest BCUT2D eigenvalue weighted by molar-refractivity contribution is 9.11.